The van der Waals surface area contributed by atoms with Gasteiger partial charge in [-0.3, -0.25) is 24.0 Å². The van der Waals surface area contributed by atoms with Gasteiger partial charge in [0.15, 0.2) is 0 Å². The number of carbonyl (C=O) groups is 2. The number of amides is 2. The summed E-state index contributed by atoms with van der Waals surface area (Å²) in [6.45, 7) is 6.35. The van der Waals surface area contributed by atoms with Gasteiger partial charge in [0, 0.05) is 30.1 Å². The van der Waals surface area contributed by atoms with Gasteiger partial charge in [-0.15, -0.1) is 0 Å². The Hall–Kier alpha value is -5.23. The van der Waals surface area contributed by atoms with Crippen LogP contribution < -0.4 is 14.4 Å². The molecule has 0 aliphatic heterocycles. The Labute approximate surface area is 281 Å². The number of nitro benzene ring substituents is 1. The molecule has 12 heteroatoms. The normalized spacial score (nSPS) is 12.1. The Bertz CT molecular complexity index is 1840. The Morgan fingerprint density at radius 3 is 2.02 bits per heavy atom. The minimum atomic E-state index is -4.54. The van der Waals surface area contributed by atoms with E-state index >= 15 is 0 Å². The molecule has 0 saturated carbocycles. The molecule has 4 aromatic rings. The zero-order valence-corrected chi connectivity index (χ0v) is 28.4. The van der Waals surface area contributed by atoms with Gasteiger partial charge < -0.3 is 15.0 Å². The Morgan fingerprint density at radius 1 is 0.896 bits per heavy atom. The lowest BCUT2D eigenvalue weighted by Crippen LogP contribution is -2.56. The molecule has 48 heavy (non-hydrogen) atoms. The molecule has 4 rings (SSSR count). The number of nitro groups is 1. The summed E-state index contributed by atoms with van der Waals surface area (Å²) in [5.74, 6) is -0.589. The van der Waals surface area contributed by atoms with Crippen molar-refractivity contribution in [2.75, 3.05) is 18.0 Å². The third-order valence-corrected chi connectivity index (χ3v) is 9.34. The summed E-state index contributed by atoms with van der Waals surface area (Å²) in [6.07, 6.45) is 0.167. The van der Waals surface area contributed by atoms with Crippen LogP contribution in [0.25, 0.3) is 0 Å². The lowest BCUT2D eigenvalue weighted by Gasteiger charge is -2.35. The molecule has 0 radical (unpaired) electrons. The fourth-order valence-corrected chi connectivity index (χ4v) is 6.57. The summed E-state index contributed by atoms with van der Waals surface area (Å²) in [7, 11) is -3.07. The van der Waals surface area contributed by atoms with E-state index in [-0.39, 0.29) is 34.8 Å². The lowest BCUT2D eigenvalue weighted by molar-refractivity contribution is -0.385. The zero-order valence-electron chi connectivity index (χ0n) is 27.6. The predicted octanol–water partition coefficient (Wildman–Crippen LogP) is 5.66. The molecule has 11 nitrogen and oxygen atoms in total. The van der Waals surface area contributed by atoms with Crippen molar-refractivity contribution < 1.29 is 27.7 Å². The number of rotatable bonds is 13. The van der Waals surface area contributed by atoms with Crippen LogP contribution in [0.15, 0.2) is 108 Å². The summed E-state index contributed by atoms with van der Waals surface area (Å²) in [6, 6.07) is 27.1. The van der Waals surface area contributed by atoms with Gasteiger partial charge in [-0.2, -0.15) is 0 Å². The molecule has 0 spiro atoms. The quantitative estimate of drug-likeness (QED) is 0.143. The molecule has 0 unspecified atom stereocenters. The molecule has 0 fully saturated rings. The first-order valence-corrected chi connectivity index (χ1v) is 16.7. The van der Waals surface area contributed by atoms with E-state index in [1.807, 2.05) is 81.4 Å². The van der Waals surface area contributed by atoms with E-state index < -0.39 is 44.9 Å². The van der Waals surface area contributed by atoms with Gasteiger partial charge in [-0.05, 0) is 69.2 Å². The molecule has 0 aliphatic rings. The average molecular weight is 673 g/mol. The van der Waals surface area contributed by atoms with E-state index in [0.29, 0.717) is 5.75 Å². The largest absolute Gasteiger partial charge is 0.497 e. The number of nitrogens with one attached hydrogen (secondary N) is 1. The molecule has 0 aliphatic carbocycles. The minimum absolute atomic E-state index is 0.0151. The van der Waals surface area contributed by atoms with Gasteiger partial charge in [0.05, 0.1) is 22.6 Å². The highest BCUT2D eigenvalue weighted by Crippen LogP contribution is 2.30. The third-order valence-electron chi connectivity index (χ3n) is 7.57. The van der Waals surface area contributed by atoms with Crippen LogP contribution >= 0.6 is 0 Å². The maximum atomic E-state index is 14.6. The number of aryl methyl sites for hydroxylation is 1. The minimum Gasteiger partial charge on any atom is -0.497 e. The van der Waals surface area contributed by atoms with E-state index in [1.165, 1.54) is 43.2 Å². The van der Waals surface area contributed by atoms with E-state index in [4.69, 9.17) is 4.74 Å². The molecular weight excluding hydrogens is 632 g/mol. The van der Waals surface area contributed by atoms with Gasteiger partial charge in [0.25, 0.3) is 15.7 Å². The van der Waals surface area contributed by atoms with Crippen LogP contribution in [0.5, 0.6) is 5.75 Å². The topological polar surface area (TPSA) is 139 Å². The summed E-state index contributed by atoms with van der Waals surface area (Å²) in [4.78, 5) is 40.6. The number of ether oxygens (including phenoxy) is 1. The summed E-state index contributed by atoms with van der Waals surface area (Å²) in [5.41, 5.74) is 0.972. The second kappa shape index (κ2) is 15.1. The Kier molecular flexibility index (Phi) is 11.2. The van der Waals surface area contributed by atoms with E-state index in [9.17, 15) is 28.1 Å². The molecule has 0 saturated heterocycles. The van der Waals surface area contributed by atoms with Crippen molar-refractivity contribution in [2.24, 2.45) is 0 Å². The van der Waals surface area contributed by atoms with Crippen molar-refractivity contribution in [3.8, 4) is 5.75 Å². The van der Waals surface area contributed by atoms with Gasteiger partial charge in [-0.25, -0.2) is 8.42 Å². The Balaban J connectivity index is 1.84. The molecule has 252 valence electrons. The van der Waals surface area contributed by atoms with Crippen molar-refractivity contribution in [3.05, 3.63) is 130 Å². The number of hydrogen-bond donors (Lipinski definition) is 1. The van der Waals surface area contributed by atoms with Gasteiger partial charge >= 0.3 is 0 Å². The van der Waals surface area contributed by atoms with Crippen molar-refractivity contribution in [1.29, 1.82) is 0 Å². The second-order valence-electron chi connectivity index (χ2n) is 12.4. The molecule has 1 N–H and O–H groups in total. The van der Waals surface area contributed by atoms with Crippen molar-refractivity contribution in [1.82, 2.24) is 10.2 Å². The first kappa shape index (κ1) is 35.6. The zero-order chi connectivity index (χ0) is 35.1. The Morgan fingerprint density at radius 2 is 1.48 bits per heavy atom. The average Bonchev–Trinajstić information content (AvgIpc) is 3.05. The van der Waals surface area contributed by atoms with Crippen LogP contribution in [-0.4, -0.2) is 55.3 Å². The fourth-order valence-electron chi connectivity index (χ4n) is 5.14. The number of nitrogens with zero attached hydrogens (tertiary/aromatic N) is 3. The highest BCUT2D eigenvalue weighted by molar-refractivity contribution is 7.92. The number of anilines is 1. The first-order chi connectivity index (χ1) is 22.7. The molecule has 0 heterocycles. The molecule has 4 aromatic carbocycles. The van der Waals surface area contributed by atoms with Gasteiger partial charge in [-0.1, -0.05) is 66.7 Å². The molecule has 0 aromatic heterocycles. The molecule has 1 atom stereocenters. The highest BCUT2D eigenvalue weighted by atomic mass is 32.2. The number of hydrogen-bond acceptors (Lipinski definition) is 7. The summed E-state index contributed by atoms with van der Waals surface area (Å²) >= 11 is 0. The van der Waals surface area contributed by atoms with Crippen LogP contribution in [0, 0.1) is 17.0 Å². The fraction of sp³-hybridized carbons (Fsp3) is 0.278. The third kappa shape index (κ3) is 8.97. The second-order valence-corrected chi connectivity index (χ2v) is 14.2. The van der Waals surface area contributed by atoms with E-state index in [2.05, 4.69) is 5.32 Å². The van der Waals surface area contributed by atoms with E-state index in [1.54, 1.807) is 12.1 Å². The highest BCUT2D eigenvalue weighted by Gasteiger charge is 2.36. The predicted molar refractivity (Wildman–Crippen MR) is 184 cm³/mol. The maximum absolute atomic E-state index is 14.6. The SMILES string of the molecule is COc1ccc(N(CC(=O)N(Cc2ccccc2)[C@H](Cc2ccccc2)C(=O)NC(C)(C)C)S(=O)(=O)c2ccc(C)c([N+](=O)[O-])c2)cc1. The smallest absolute Gasteiger partial charge is 0.273 e. The maximum Gasteiger partial charge on any atom is 0.273 e. The van der Waals surface area contributed by atoms with Crippen molar-refractivity contribution >= 4 is 33.2 Å². The standard InChI is InChI=1S/C36H40N4O7S/c1-26-16-21-31(23-32(26)40(43)44)48(45,46)39(29-17-19-30(47-5)20-18-29)25-34(41)38(24-28-14-10-7-11-15-28)33(35(42)37-36(2,3)4)22-27-12-8-6-9-13-27/h6-21,23,33H,22,24-25H2,1-5H3,(H,37,42)/t33-/m1/s1. The monoisotopic (exact) mass is 672 g/mol. The first-order valence-electron chi connectivity index (χ1n) is 15.3. The summed E-state index contributed by atoms with van der Waals surface area (Å²) < 4.78 is 34.7. The lowest BCUT2D eigenvalue weighted by atomic mass is 10.0. The number of sulfonamides is 1. The van der Waals surface area contributed by atoms with E-state index in [0.717, 1.165) is 21.5 Å². The molecule has 0 bridgehead atoms. The van der Waals surface area contributed by atoms with Crippen molar-refractivity contribution in [3.63, 3.8) is 0 Å². The molecular formula is C36H40N4O7S. The number of carbonyl (C=O) groups excluding carboxylic acids is 2. The van der Waals surface area contributed by atoms with Crippen LogP contribution in [0.3, 0.4) is 0 Å². The van der Waals surface area contributed by atoms with Gasteiger partial charge in [0.1, 0.15) is 18.3 Å². The van der Waals surface area contributed by atoms with Gasteiger partial charge in [0.2, 0.25) is 11.8 Å². The van der Waals surface area contributed by atoms with Crippen LogP contribution in [-0.2, 0) is 32.6 Å². The van der Waals surface area contributed by atoms with Crippen LogP contribution in [0.4, 0.5) is 11.4 Å². The summed E-state index contributed by atoms with van der Waals surface area (Å²) in [5, 5.41) is 14.7. The number of benzene rings is 4. The van der Waals surface area contributed by atoms with Crippen LogP contribution in [0.1, 0.15) is 37.5 Å². The molecule has 2 amide bonds. The number of methoxy groups -OCH3 is 1. The van der Waals surface area contributed by atoms with Crippen molar-refractivity contribution in [2.45, 2.75) is 57.1 Å². The van der Waals surface area contributed by atoms with Crippen LogP contribution in [0.2, 0.25) is 0 Å².